The average Bonchev–Trinajstić information content (AvgIpc) is 3.24. The van der Waals surface area contributed by atoms with E-state index in [0.717, 1.165) is 24.1 Å². The lowest BCUT2D eigenvalue weighted by atomic mass is 10.1. The molecule has 3 rings (SSSR count). The first-order chi connectivity index (χ1) is 10.9. The number of rotatable bonds is 6. The molecular formula is C17H22N2O3S. The Balaban J connectivity index is 1.93. The van der Waals surface area contributed by atoms with E-state index < -0.39 is 9.84 Å². The number of imidazole rings is 1. The van der Waals surface area contributed by atoms with Crippen LogP contribution in [0.15, 0.2) is 35.6 Å². The molecule has 0 saturated heterocycles. The van der Waals surface area contributed by atoms with Gasteiger partial charge in [-0.1, -0.05) is 38.1 Å². The van der Waals surface area contributed by atoms with Crippen molar-refractivity contribution in [3.05, 3.63) is 47.3 Å². The zero-order chi connectivity index (χ0) is 16.6. The molecule has 0 aliphatic heterocycles. The fourth-order valence-corrected chi connectivity index (χ4v) is 4.27. The van der Waals surface area contributed by atoms with Gasteiger partial charge in [0.2, 0.25) is 15.0 Å². The average molecular weight is 334 g/mol. The third kappa shape index (κ3) is 3.33. The Morgan fingerprint density at radius 1 is 1.22 bits per heavy atom. The van der Waals surface area contributed by atoms with Crippen molar-refractivity contribution in [1.29, 1.82) is 0 Å². The molecule has 0 unspecified atom stereocenters. The molecule has 1 aliphatic carbocycles. The van der Waals surface area contributed by atoms with Crippen LogP contribution in [0.2, 0.25) is 0 Å². The van der Waals surface area contributed by atoms with Gasteiger partial charge in [0.25, 0.3) is 0 Å². The maximum atomic E-state index is 12.8. The molecule has 6 heteroatoms. The van der Waals surface area contributed by atoms with Crippen molar-refractivity contribution >= 4 is 9.84 Å². The zero-order valence-corrected chi connectivity index (χ0v) is 14.3. The van der Waals surface area contributed by atoms with Crippen molar-refractivity contribution in [3.8, 4) is 0 Å². The summed E-state index contributed by atoms with van der Waals surface area (Å²) in [6.07, 6.45) is 3.73. The highest BCUT2D eigenvalue weighted by atomic mass is 32.2. The lowest BCUT2D eigenvalue weighted by Gasteiger charge is -2.13. The summed E-state index contributed by atoms with van der Waals surface area (Å²) in [5.74, 6) is 0.177. The quantitative estimate of drug-likeness (QED) is 0.882. The van der Waals surface area contributed by atoms with Crippen molar-refractivity contribution in [2.75, 3.05) is 0 Å². The zero-order valence-electron chi connectivity index (χ0n) is 13.4. The van der Waals surface area contributed by atoms with Crippen LogP contribution in [0.25, 0.3) is 0 Å². The summed E-state index contributed by atoms with van der Waals surface area (Å²) < 4.78 is 27.5. The van der Waals surface area contributed by atoms with E-state index in [1.54, 1.807) is 30.5 Å². The Morgan fingerprint density at radius 2 is 1.83 bits per heavy atom. The van der Waals surface area contributed by atoms with E-state index >= 15 is 0 Å². The van der Waals surface area contributed by atoms with E-state index in [1.807, 2.05) is 4.57 Å². The highest BCUT2D eigenvalue weighted by Gasteiger charge is 2.33. The number of aliphatic hydroxyl groups is 1. The molecule has 2 aromatic rings. The molecule has 5 nitrogen and oxygen atoms in total. The molecule has 1 saturated carbocycles. The van der Waals surface area contributed by atoms with E-state index in [-0.39, 0.29) is 29.5 Å². The standard InChI is InChI=1S/C17H22N2O3S/c1-12(2)16-9-18-17(19(16)15-7-8-15)23(21,22)11-14-5-3-13(10-20)4-6-14/h3-6,9,12,15,20H,7-8,10-11H2,1-2H3. The van der Waals surface area contributed by atoms with Crippen molar-refractivity contribution in [1.82, 2.24) is 9.55 Å². The molecule has 0 radical (unpaired) electrons. The maximum Gasteiger partial charge on any atom is 0.228 e. The summed E-state index contributed by atoms with van der Waals surface area (Å²) in [4.78, 5) is 4.24. The molecule has 1 heterocycles. The summed E-state index contributed by atoms with van der Waals surface area (Å²) in [6.45, 7) is 4.07. The molecule has 1 aliphatic rings. The molecule has 0 spiro atoms. The molecule has 1 aromatic heterocycles. The number of aliphatic hydroxyl groups excluding tert-OH is 1. The van der Waals surface area contributed by atoms with Gasteiger partial charge in [-0.15, -0.1) is 0 Å². The van der Waals surface area contributed by atoms with Gasteiger partial charge < -0.3 is 9.67 Å². The van der Waals surface area contributed by atoms with Gasteiger partial charge in [0.1, 0.15) is 0 Å². The lowest BCUT2D eigenvalue weighted by molar-refractivity contribution is 0.282. The van der Waals surface area contributed by atoms with E-state index in [1.165, 1.54) is 0 Å². The highest BCUT2D eigenvalue weighted by Crippen LogP contribution is 2.40. The lowest BCUT2D eigenvalue weighted by Crippen LogP contribution is -2.14. The van der Waals surface area contributed by atoms with Crippen LogP contribution in [-0.4, -0.2) is 23.1 Å². The smallest absolute Gasteiger partial charge is 0.228 e. The Kier molecular flexibility index (Phi) is 4.29. The first kappa shape index (κ1) is 16.2. The number of aromatic nitrogens is 2. The van der Waals surface area contributed by atoms with Crippen LogP contribution in [-0.2, 0) is 22.2 Å². The minimum Gasteiger partial charge on any atom is -0.392 e. The molecule has 1 aromatic carbocycles. The maximum absolute atomic E-state index is 12.8. The van der Waals surface area contributed by atoms with E-state index in [9.17, 15) is 8.42 Å². The van der Waals surface area contributed by atoms with Crippen LogP contribution in [0.5, 0.6) is 0 Å². The first-order valence-electron chi connectivity index (χ1n) is 7.91. The number of hydrogen-bond acceptors (Lipinski definition) is 4. The minimum atomic E-state index is -3.49. The normalized spacial score (nSPS) is 15.3. The van der Waals surface area contributed by atoms with Gasteiger partial charge in [0, 0.05) is 17.9 Å². The molecule has 0 atom stereocenters. The van der Waals surface area contributed by atoms with Gasteiger partial charge >= 0.3 is 0 Å². The second-order valence-corrected chi connectivity index (χ2v) is 8.34. The van der Waals surface area contributed by atoms with Crippen LogP contribution in [0.3, 0.4) is 0 Å². The third-order valence-electron chi connectivity index (χ3n) is 4.14. The summed E-state index contributed by atoms with van der Waals surface area (Å²) >= 11 is 0. The first-order valence-corrected chi connectivity index (χ1v) is 9.56. The Morgan fingerprint density at radius 3 is 2.35 bits per heavy atom. The molecule has 124 valence electrons. The number of nitrogens with zero attached hydrogens (tertiary/aromatic N) is 2. The molecule has 1 fully saturated rings. The van der Waals surface area contributed by atoms with Crippen LogP contribution in [0.1, 0.15) is 55.5 Å². The third-order valence-corrected chi connectivity index (χ3v) is 5.71. The number of hydrogen-bond donors (Lipinski definition) is 1. The summed E-state index contributed by atoms with van der Waals surface area (Å²) in [5.41, 5.74) is 2.47. The van der Waals surface area contributed by atoms with E-state index in [2.05, 4.69) is 18.8 Å². The van der Waals surface area contributed by atoms with Crippen LogP contribution >= 0.6 is 0 Å². The topological polar surface area (TPSA) is 72.2 Å². The SMILES string of the molecule is CC(C)c1cnc(S(=O)(=O)Cc2ccc(CO)cc2)n1C1CC1. The Hall–Kier alpha value is -1.66. The molecule has 0 amide bonds. The monoisotopic (exact) mass is 334 g/mol. The number of sulfone groups is 1. The molecule has 23 heavy (non-hydrogen) atoms. The van der Waals surface area contributed by atoms with E-state index in [4.69, 9.17) is 5.11 Å². The Bertz CT molecular complexity index is 788. The second kappa shape index (κ2) is 6.09. The van der Waals surface area contributed by atoms with Gasteiger partial charge in [-0.2, -0.15) is 0 Å². The molecule has 0 bridgehead atoms. The highest BCUT2D eigenvalue weighted by molar-refractivity contribution is 7.90. The van der Waals surface area contributed by atoms with Crippen molar-refractivity contribution < 1.29 is 13.5 Å². The fraction of sp³-hybridized carbons (Fsp3) is 0.471. The predicted molar refractivity (Wildman–Crippen MR) is 87.8 cm³/mol. The van der Waals surface area contributed by atoms with E-state index in [0.29, 0.717) is 5.56 Å². The summed E-state index contributed by atoms with van der Waals surface area (Å²) in [5, 5.41) is 9.26. The summed E-state index contributed by atoms with van der Waals surface area (Å²) in [6, 6.07) is 7.26. The van der Waals surface area contributed by atoms with Gasteiger partial charge in [0.15, 0.2) is 0 Å². The van der Waals surface area contributed by atoms with Gasteiger partial charge in [-0.05, 0) is 29.9 Å². The minimum absolute atomic E-state index is 0.0448. The number of benzene rings is 1. The second-order valence-electron chi connectivity index (χ2n) is 6.46. The van der Waals surface area contributed by atoms with Crippen molar-refractivity contribution in [2.45, 2.75) is 56.2 Å². The molecular weight excluding hydrogens is 312 g/mol. The van der Waals surface area contributed by atoms with Gasteiger partial charge in [-0.25, -0.2) is 13.4 Å². The van der Waals surface area contributed by atoms with Gasteiger partial charge in [-0.3, -0.25) is 0 Å². The summed E-state index contributed by atoms with van der Waals surface area (Å²) in [7, 11) is -3.49. The van der Waals surface area contributed by atoms with Crippen molar-refractivity contribution in [2.24, 2.45) is 0 Å². The largest absolute Gasteiger partial charge is 0.392 e. The Labute approximate surface area is 136 Å². The predicted octanol–water partition coefficient (Wildman–Crippen LogP) is 2.81. The van der Waals surface area contributed by atoms with Crippen LogP contribution in [0.4, 0.5) is 0 Å². The fourth-order valence-electron chi connectivity index (χ4n) is 2.74. The van der Waals surface area contributed by atoms with Crippen molar-refractivity contribution in [3.63, 3.8) is 0 Å². The van der Waals surface area contributed by atoms with Crippen LogP contribution < -0.4 is 0 Å². The van der Waals surface area contributed by atoms with Gasteiger partial charge in [0.05, 0.1) is 12.4 Å². The van der Waals surface area contributed by atoms with Crippen LogP contribution in [0, 0.1) is 0 Å². The molecule has 1 N–H and O–H groups in total.